The van der Waals surface area contributed by atoms with Crippen LogP contribution in [0.5, 0.6) is 28.7 Å². The van der Waals surface area contributed by atoms with E-state index >= 15 is 0 Å². The lowest BCUT2D eigenvalue weighted by molar-refractivity contribution is 0.373. The van der Waals surface area contributed by atoms with Crippen LogP contribution in [-0.2, 0) is 6.42 Å². The van der Waals surface area contributed by atoms with E-state index in [1.807, 2.05) is 19.9 Å². The Bertz CT molecular complexity index is 1170. The molecule has 0 aliphatic heterocycles. The zero-order chi connectivity index (χ0) is 21.3. The molecule has 3 rings (SSSR count). The van der Waals surface area contributed by atoms with Gasteiger partial charge in [-0.15, -0.1) is 0 Å². The van der Waals surface area contributed by atoms with E-state index in [1.165, 1.54) is 38.5 Å². The first-order valence-corrected chi connectivity index (χ1v) is 8.87. The first kappa shape index (κ1) is 20.1. The molecule has 1 aromatic heterocycles. The lowest BCUT2D eigenvalue weighted by Crippen LogP contribution is -2.06. The zero-order valence-electron chi connectivity index (χ0n) is 16.6. The van der Waals surface area contributed by atoms with Crippen molar-refractivity contribution >= 4 is 11.0 Å². The fourth-order valence-corrected chi connectivity index (χ4v) is 3.08. The van der Waals surface area contributed by atoms with Crippen molar-refractivity contribution in [1.82, 2.24) is 0 Å². The number of methoxy groups -OCH3 is 2. The van der Waals surface area contributed by atoms with Crippen LogP contribution in [-0.4, -0.2) is 29.5 Å². The molecule has 0 saturated heterocycles. The summed E-state index contributed by atoms with van der Waals surface area (Å²) in [6, 6.07) is 5.67. The Balaban J connectivity index is 2.38. The minimum Gasteiger partial charge on any atom is -0.507 e. The summed E-state index contributed by atoms with van der Waals surface area (Å²) in [6.45, 7) is 3.87. The van der Waals surface area contributed by atoms with Crippen molar-refractivity contribution in [2.24, 2.45) is 0 Å². The molecule has 0 fully saturated rings. The summed E-state index contributed by atoms with van der Waals surface area (Å²) in [5, 5.41) is 30.7. The molecule has 3 N–H and O–H groups in total. The van der Waals surface area contributed by atoms with Gasteiger partial charge in [0.25, 0.3) is 0 Å². The van der Waals surface area contributed by atoms with E-state index in [0.717, 1.165) is 5.57 Å². The summed E-state index contributed by atoms with van der Waals surface area (Å²) in [6.07, 6.45) is 2.32. The molecule has 7 heteroatoms. The Hall–Kier alpha value is -3.61. The highest BCUT2D eigenvalue weighted by atomic mass is 16.5. The number of hydrogen-bond acceptors (Lipinski definition) is 7. The maximum Gasteiger partial charge on any atom is 0.238 e. The molecule has 0 unspecified atom stereocenters. The van der Waals surface area contributed by atoms with Crippen molar-refractivity contribution in [3.05, 3.63) is 51.7 Å². The predicted molar refractivity (Wildman–Crippen MR) is 109 cm³/mol. The maximum atomic E-state index is 12.8. The highest BCUT2D eigenvalue weighted by Crippen LogP contribution is 2.40. The first-order valence-electron chi connectivity index (χ1n) is 8.87. The monoisotopic (exact) mass is 398 g/mol. The minimum atomic E-state index is -0.782. The summed E-state index contributed by atoms with van der Waals surface area (Å²) in [5.74, 6) is -0.747. The first-order chi connectivity index (χ1) is 13.8. The molecular weight excluding hydrogens is 376 g/mol. The standard InChI is InChI=1S/C22H22O7/c1-11(2)5-7-13-17(28-4)10-15(24)18-19(25)20(26)21(29-22(13)18)12-6-8-16(27-3)14(23)9-12/h5-6,8-10,23-24,26H,7H2,1-4H3. The van der Waals surface area contributed by atoms with Gasteiger partial charge in [-0.3, -0.25) is 4.79 Å². The van der Waals surface area contributed by atoms with Gasteiger partial charge in [-0.2, -0.15) is 0 Å². The Morgan fingerprint density at radius 3 is 2.31 bits per heavy atom. The number of fused-ring (bicyclic) bond motifs is 1. The van der Waals surface area contributed by atoms with E-state index in [2.05, 4.69) is 0 Å². The highest BCUT2D eigenvalue weighted by molar-refractivity contribution is 5.91. The van der Waals surface area contributed by atoms with Crippen molar-refractivity contribution in [3.63, 3.8) is 0 Å². The lowest BCUT2D eigenvalue weighted by atomic mass is 10.0. The quantitative estimate of drug-likeness (QED) is 0.555. The van der Waals surface area contributed by atoms with Crippen molar-refractivity contribution in [2.75, 3.05) is 14.2 Å². The Morgan fingerprint density at radius 1 is 1.03 bits per heavy atom. The molecule has 1 heterocycles. The van der Waals surface area contributed by atoms with Crippen LogP contribution in [0.1, 0.15) is 19.4 Å². The van der Waals surface area contributed by atoms with Crippen LogP contribution in [0.15, 0.2) is 45.1 Å². The van der Waals surface area contributed by atoms with Crippen molar-refractivity contribution < 1.29 is 29.2 Å². The Kier molecular flexibility index (Phi) is 5.41. The molecule has 0 spiro atoms. The molecule has 29 heavy (non-hydrogen) atoms. The fourth-order valence-electron chi connectivity index (χ4n) is 3.08. The topological polar surface area (TPSA) is 109 Å². The smallest absolute Gasteiger partial charge is 0.238 e. The number of aromatic hydroxyl groups is 3. The normalized spacial score (nSPS) is 10.8. The molecule has 2 aromatic carbocycles. The van der Waals surface area contributed by atoms with E-state index in [9.17, 15) is 20.1 Å². The number of rotatable bonds is 5. The summed E-state index contributed by atoms with van der Waals surface area (Å²) >= 11 is 0. The van der Waals surface area contributed by atoms with Gasteiger partial charge in [0.2, 0.25) is 11.2 Å². The summed E-state index contributed by atoms with van der Waals surface area (Å²) in [7, 11) is 2.86. The third-order valence-electron chi connectivity index (χ3n) is 4.56. The predicted octanol–water partition coefficient (Wildman–Crippen LogP) is 4.10. The van der Waals surface area contributed by atoms with Crippen LogP contribution < -0.4 is 14.9 Å². The summed E-state index contributed by atoms with van der Waals surface area (Å²) in [4.78, 5) is 12.8. The van der Waals surface area contributed by atoms with Crippen LogP contribution in [0.3, 0.4) is 0 Å². The van der Waals surface area contributed by atoms with Crippen molar-refractivity contribution in [2.45, 2.75) is 20.3 Å². The van der Waals surface area contributed by atoms with Crippen LogP contribution in [0.2, 0.25) is 0 Å². The second-order valence-corrected chi connectivity index (χ2v) is 6.76. The second kappa shape index (κ2) is 7.79. The SMILES string of the molecule is COc1ccc(-c2oc3c(CC=C(C)C)c(OC)cc(O)c3c(=O)c2O)cc1O. The third kappa shape index (κ3) is 3.59. The van der Waals surface area contributed by atoms with Gasteiger partial charge in [-0.25, -0.2) is 0 Å². The Morgan fingerprint density at radius 2 is 1.72 bits per heavy atom. The van der Waals surface area contributed by atoms with E-state index in [1.54, 1.807) is 0 Å². The minimum absolute atomic E-state index is 0.104. The van der Waals surface area contributed by atoms with Crippen LogP contribution >= 0.6 is 0 Å². The van der Waals surface area contributed by atoms with Gasteiger partial charge in [-0.05, 0) is 38.5 Å². The van der Waals surface area contributed by atoms with Gasteiger partial charge >= 0.3 is 0 Å². The van der Waals surface area contributed by atoms with E-state index in [0.29, 0.717) is 17.7 Å². The van der Waals surface area contributed by atoms with Crippen LogP contribution in [0.4, 0.5) is 0 Å². The van der Waals surface area contributed by atoms with E-state index in [-0.39, 0.29) is 39.5 Å². The lowest BCUT2D eigenvalue weighted by Gasteiger charge is -2.14. The van der Waals surface area contributed by atoms with Crippen LogP contribution in [0, 0.1) is 0 Å². The van der Waals surface area contributed by atoms with Crippen molar-refractivity contribution in [1.29, 1.82) is 0 Å². The second-order valence-electron chi connectivity index (χ2n) is 6.76. The fraction of sp³-hybridized carbons (Fsp3) is 0.227. The number of allylic oxidation sites excluding steroid dienone is 2. The average Bonchev–Trinajstić information content (AvgIpc) is 2.68. The molecule has 7 nitrogen and oxygen atoms in total. The third-order valence-corrected chi connectivity index (χ3v) is 4.56. The molecule has 152 valence electrons. The summed E-state index contributed by atoms with van der Waals surface area (Å²) < 4.78 is 16.3. The van der Waals surface area contributed by atoms with Crippen molar-refractivity contribution in [3.8, 4) is 40.1 Å². The average molecular weight is 398 g/mol. The molecule has 3 aromatic rings. The highest BCUT2D eigenvalue weighted by Gasteiger charge is 2.23. The van der Waals surface area contributed by atoms with Gasteiger partial charge in [0.15, 0.2) is 17.3 Å². The number of benzene rings is 2. The molecule has 0 aliphatic rings. The van der Waals surface area contributed by atoms with E-state index < -0.39 is 11.2 Å². The largest absolute Gasteiger partial charge is 0.507 e. The number of hydrogen-bond donors (Lipinski definition) is 3. The van der Waals surface area contributed by atoms with Crippen LogP contribution in [0.25, 0.3) is 22.3 Å². The summed E-state index contributed by atoms with van der Waals surface area (Å²) in [5.41, 5.74) is 1.20. The molecular formula is C22H22O7. The number of ether oxygens (including phenoxy) is 2. The molecule has 0 aliphatic carbocycles. The van der Waals surface area contributed by atoms with Gasteiger partial charge in [-0.1, -0.05) is 11.6 Å². The van der Waals surface area contributed by atoms with Gasteiger partial charge in [0.05, 0.1) is 14.2 Å². The Labute approximate surface area is 167 Å². The van der Waals surface area contributed by atoms with Gasteiger partial charge < -0.3 is 29.2 Å². The zero-order valence-corrected chi connectivity index (χ0v) is 16.6. The maximum absolute atomic E-state index is 12.8. The molecule has 0 atom stereocenters. The van der Waals surface area contributed by atoms with E-state index in [4.69, 9.17) is 13.9 Å². The number of phenolic OH excluding ortho intramolecular Hbond substituents is 2. The number of phenols is 2. The van der Waals surface area contributed by atoms with Gasteiger partial charge in [0, 0.05) is 17.2 Å². The molecule has 0 amide bonds. The molecule has 0 bridgehead atoms. The van der Waals surface area contributed by atoms with Gasteiger partial charge in [0.1, 0.15) is 22.5 Å². The molecule has 0 saturated carbocycles. The molecule has 0 radical (unpaired) electrons.